The van der Waals surface area contributed by atoms with Crippen molar-refractivity contribution in [3.05, 3.63) is 52.6 Å². The van der Waals surface area contributed by atoms with Crippen LogP contribution in [0.5, 0.6) is 0 Å². The molecule has 0 radical (unpaired) electrons. The van der Waals surface area contributed by atoms with Gasteiger partial charge in [-0.2, -0.15) is 13.2 Å². The summed E-state index contributed by atoms with van der Waals surface area (Å²) in [5.41, 5.74) is 1.69. The molecule has 2 nitrogen and oxygen atoms in total. The van der Waals surface area contributed by atoms with Gasteiger partial charge in [0.2, 0.25) is 0 Å². The lowest BCUT2D eigenvalue weighted by atomic mass is 10.1. The summed E-state index contributed by atoms with van der Waals surface area (Å²) in [4.78, 5) is 8.60. The first-order valence-corrected chi connectivity index (χ1v) is 8.75. The second-order valence-electron chi connectivity index (χ2n) is 5.25. The van der Waals surface area contributed by atoms with Gasteiger partial charge in [-0.15, -0.1) is 11.8 Å². The number of aliphatic imine (C=N–C) groups is 1. The van der Waals surface area contributed by atoms with Gasteiger partial charge in [-0.05, 0) is 43.2 Å². The Morgan fingerprint density at radius 2 is 2.00 bits per heavy atom. The number of hydrogen-bond donors (Lipinski definition) is 0. The number of alkyl halides is 3. The van der Waals surface area contributed by atoms with Crippen LogP contribution in [0.1, 0.15) is 24.5 Å². The van der Waals surface area contributed by atoms with Crippen LogP contribution in [0.25, 0.3) is 0 Å². The van der Waals surface area contributed by atoms with E-state index in [1.807, 2.05) is 6.92 Å². The standard InChI is InChI=1S/C17H15ClF4N2S/c1-3-13(11-4-5-16(18)23-8-11)24-14-7-15(10(2)6-12(14)19)25-9-17(20,21)22/h4-8H,3,9H2,1-2H3. The molecule has 2 aromatic rings. The number of aryl methyl sites for hydroxylation is 1. The van der Waals surface area contributed by atoms with Gasteiger partial charge in [0.05, 0.1) is 5.75 Å². The van der Waals surface area contributed by atoms with E-state index in [9.17, 15) is 17.6 Å². The zero-order valence-corrected chi connectivity index (χ0v) is 15.1. The van der Waals surface area contributed by atoms with Crippen molar-refractivity contribution in [2.75, 3.05) is 5.75 Å². The minimum Gasteiger partial charge on any atom is -0.250 e. The first-order valence-electron chi connectivity index (χ1n) is 7.39. The molecule has 0 bridgehead atoms. The second-order valence-corrected chi connectivity index (χ2v) is 6.66. The number of benzene rings is 1. The van der Waals surface area contributed by atoms with Gasteiger partial charge in [-0.3, -0.25) is 0 Å². The maximum Gasteiger partial charge on any atom is 0.398 e. The molecule has 0 atom stereocenters. The third-order valence-electron chi connectivity index (χ3n) is 3.29. The number of rotatable bonds is 5. The van der Waals surface area contributed by atoms with Crippen LogP contribution in [0.3, 0.4) is 0 Å². The summed E-state index contributed by atoms with van der Waals surface area (Å²) in [5, 5.41) is 0.326. The van der Waals surface area contributed by atoms with E-state index in [4.69, 9.17) is 11.6 Å². The van der Waals surface area contributed by atoms with Crippen molar-refractivity contribution >= 4 is 34.8 Å². The van der Waals surface area contributed by atoms with E-state index in [2.05, 4.69) is 9.98 Å². The Morgan fingerprint density at radius 1 is 1.28 bits per heavy atom. The van der Waals surface area contributed by atoms with E-state index in [1.165, 1.54) is 18.3 Å². The van der Waals surface area contributed by atoms with E-state index in [0.717, 1.165) is 0 Å². The zero-order chi connectivity index (χ0) is 18.6. The van der Waals surface area contributed by atoms with Crippen LogP contribution in [-0.2, 0) is 0 Å². The summed E-state index contributed by atoms with van der Waals surface area (Å²) in [6.45, 7) is 3.41. The lowest BCUT2D eigenvalue weighted by molar-refractivity contribution is -0.105. The molecule has 0 amide bonds. The van der Waals surface area contributed by atoms with Gasteiger partial charge in [0.15, 0.2) is 0 Å². The van der Waals surface area contributed by atoms with Crippen LogP contribution in [0.15, 0.2) is 40.4 Å². The molecule has 0 fully saturated rings. The summed E-state index contributed by atoms with van der Waals surface area (Å²) in [6, 6.07) is 5.85. The largest absolute Gasteiger partial charge is 0.398 e. The fraction of sp³-hybridized carbons (Fsp3) is 0.294. The molecule has 8 heteroatoms. The van der Waals surface area contributed by atoms with Gasteiger partial charge in [-0.1, -0.05) is 18.5 Å². The summed E-state index contributed by atoms with van der Waals surface area (Å²) < 4.78 is 51.5. The fourth-order valence-corrected chi connectivity index (χ4v) is 3.00. The molecule has 134 valence electrons. The fourth-order valence-electron chi connectivity index (χ4n) is 2.08. The van der Waals surface area contributed by atoms with Crippen molar-refractivity contribution in [3.63, 3.8) is 0 Å². The van der Waals surface area contributed by atoms with Crippen molar-refractivity contribution in [1.29, 1.82) is 0 Å². The third-order valence-corrected chi connectivity index (χ3v) is 4.73. The number of hydrogen-bond acceptors (Lipinski definition) is 3. The molecule has 0 aliphatic rings. The number of thioether (sulfide) groups is 1. The molecule has 0 N–H and O–H groups in total. The topological polar surface area (TPSA) is 25.2 Å². The van der Waals surface area contributed by atoms with Crippen LogP contribution >= 0.6 is 23.4 Å². The minimum atomic E-state index is -4.29. The summed E-state index contributed by atoms with van der Waals surface area (Å²) in [6.07, 6.45) is -2.27. The predicted octanol–water partition coefficient (Wildman–Crippen LogP) is 6.37. The Kier molecular flexibility index (Phi) is 6.46. The SMILES string of the molecule is CCC(=Nc1cc(SCC(F)(F)F)c(C)cc1F)c1ccc(Cl)nc1. The maximum absolute atomic E-state index is 14.2. The lowest BCUT2D eigenvalue weighted by Gasteiger charge is -2.11. The Morgan fingerprint density at radius 3 is 2.56 bits per heavy atom. The molecule has 25 heavy (non-hydrogen) atoms. The van der Waals surface area contributed by atoms with Crippen molar-refractivity contribution in [3.8, 4) is 0 Å². The highest BCUT2D eigenvalue weighted by molar-refractivity contribution is 7.99. The van der Waals surface area contributed by atoms with Gasteiger partial charge < -0.3 is 0 Å². The highest BCUT2D eigenvalue weighted by atomic mass is 35.5. The first kappa shape index (κ1) is 19.7. The lowest BCUT2D eigenvalue weighted by Crippen LogP contribution is -2.10. The summed E-state index contributed by atoms with van der Waals surface area (Å²) >= 11 is 6.37. The Labute approximate surface area is 152 Å². The maximum atomic E-state index is 14.2. The monoisotopic (exact) mass is 390 g/mol. The van der Waals surface area contributed by atoms with Gasteiger partial charge >= 0.3 is 6.18 Å². The molecule has 1 aromatic carbocycles. The van der Waals surface area contributed by atoms with E-state index < -0.39 is 17.7 Å². The molecule has 2 rings (SSSR count). The van der Waals surface area contributed by atoms with Gasteiger partial charge in [0.25, 0.3) is 0 Å². The van der Waals surface area contributed by atoms with Crippen LogP contribution in [-0.4, -0.2) is 22.6 Å². The molecule has 1 aromatic heterocycles. The molecule has 0 aliphatic heterocycles. The summed E-state index contributed by atoms with van der Waals surface area (Å²) in [7, 11) is 0. The smallest absolute Gasteiger partial charge is 0.250 e. The van der Waals surface area contributed by atoms with Gasteiger partial charge in [0.1, 0.15) is 16.7 Å². The Bertz CT molecular complexity index is 773. The Balaban J connectivity index is 2.37. The van der Waals surface area contributed by atoms with E-state index in [0.29, 0.717) is 45.1 Å². The number of halogens is 5. The second kappa shape index (κ2) is 8.19. The van der Waals surface area contributed by atoms with Crippen molar-refractivity contribution < 1.29 is 17.6 Å². The van der Waals surface area contributed by atoms with Crippen molar-refractivity contribution in [1.82, 2.24) is 4.98 Å². The van der Waals surface area contributed by atoms with Crippen LogP contribution in [0, 0.1) is 12.7 Å². The summed E-state index contributed by atoms with van der Waals surface area (Å²) in [5.74, 6) is -1.62. The Hall–Kier alpha value is -1.60. The average Bonchev–Trinajstić information content (AvgIpc) is 2.53. The quantitative estimate of drug-likeness (QED) is 0.256. The normalized spacial score (nSPS) is 12.5. The average molecular weight is 391 g/mol. The number of nitrogens with zero attached hydrogens (tertiary/aromatic N) is 2. The number of aromatic nitrogens is 1. The molecule has 0 unspecified atom stereocenters. The molecule has 1 heterocycles. The zero-order valence-electron chi connectivity index (χ0n) is 13.5. The number of pyridine rings is 1. The van der Waals surface area contributed by atoms with E-state index >= 15 is 0 Å². The highest BCUT2D eigenvalue weighted by Crippen LogP contribution is 2.33. The molecule has 0 spiro atoms. The highest BCUT2D eigenvalue weighted by Gasteiger charge is 2.27. The van der Waals surface area contributed by atoms with E-state index in [-0.39, 0.29) is 5.69 Å². The molecule has 0 saturated carbocycles. The third kappa shape index (κ3) is 5.71. The van der Waals surface area contributed by atoms with Crippen molar-refractivity contribution in [2.24, 2.45) is 4.99 Å². The van der Waals surface area contributed by atoms with Crippen molar-refractivity contribution in [2.45, 2.75) is 31.3 Å². The van der Waals surface area contributed by atoms with Crippen LogP contribution < -0.4 is 0 Å². The first-order chi connectivity index (χ1) is 11.7. The molecular formula is C17H15ClF4N2S. The molecule has 0 aliphatic carbocycles. The van der Waals surface area contributed by atoms with E-state index in [1.54, 1.807) is 19.1 Å². The van der Waals surface area contributed by atoms with Gasteiger partial charge in [-0.25, -0.2) is 14.4 Å². The minimum absolute atomic E-state index is 0.00192. The van der Waals surface area contributed by atoms with Gasteiger partial charge in [0, 0.05) is 22.4 Å². The van der Waals surface area contributed by atoms with Crippen LogP contribution in [0.2, 0.25) is 5.15 Å². The molecular weight excluding hydrogens is 376 g/mol. The molecule has 0 saturated heterocycles. The van der Waals surface area contributed by atoms with Crippen LogP contribution in [0.4, 0.5) is 23.2 Å². The predicted molar refractivity (Wildman–Crippen MR) is 93.7 cm³/mol.